The van der Waals surface area contributed by atoms with Crippen molar-refractivity contribution in [1.82, 2.24) is 4.98 Å². The molecule has 0 saturated heterocycles. The van der Waals surface area contributed by atoms with Gasteiger partial charge in [0, 0.05) is 12.2 Å². The van der Waals surface area contributed by atoms with E-state index in [2.05, 4.69) is 16.4 Å². The lowest BCUT2D eigenvalue weighted by atomic mass is 10.2. The lowest BCUT2D eigenvalue weighted by Crippen LogP contribution is -1.98. The van der Waals surface area contributed by atoms with Crippen LogP contribution in [0, 0.1) is 6.92 Å². The monoisotopic (exact) mass is 270 g/mol. The maximum Gasteiger partial charge on any atom is 0.115 e. The van der Waals surface area contributed by atoms with Gasteiger partial charge in [-0.05, 0) is 42.8 Å². The van der Waals surface area contributed by atoms with Gasteiger partial charge in [0.2, 0.25) is 0 Å². The summed E-state index contributed by atoms with van der Waals surface area (Å²) >= 11 is 1.71. The number of phenols is 1. The van der Waals surface area contributed by atoms with Crippen LogP contribution in [0.15, 0.2) is 42.5 Å². The number of benzene rings is 2. The third-order valence-corrected chi connectivity index (χ3v) is 3.86. The Morgan fingerprint density at radius 1 is 1.16 bits per heavy atom. The summed E-state index contributed by atoms with van der Waals surface area (Å²) in [4.78, 5) is 4.45. The van der Waals surface area contributed by atoms with Gasteiger partial charge in [0.05, 0.1) is 15.2 Å². The number of rotatable bonds is 3. The molecule has 0 amide bonds. The number of aryl methyl sites for hydroxylation is 1. The first-order valence-corrected chi connectivity index (χ1v) is 6.91. The number of hydrogen-bond acceptors (Lipinski definition) is 4. The molecule has 0 aliphatic rings. The van der Waals surface area contributed by atoms with E-state index >= 15 is 0 Å². The lowest BCUT2D eigenvalue weighted by molar-refractivity contribution is 0.475. The summed E-state index contributed by atoms with van der Waals surface area (Å²) in [5, 5.41) is 13.7. The molecule has 0 aliphatic heterocycles. The zero-order chi connectivity index (χ0) is 13.2. The van der Waals surface area contributed by atoms with Crippen molar-refractivity contribution in [2.45, 2.75) is 13.5 Å². The van der Waals surface area contributed by atoms with E-state index in [0.717, 1.165) is 28.3 Å². The summed E-state index contributed by atoms with van der Waals surface area (Å²) in [6, 6.07) is 13.4. The molecule has 96 valence electrons. The molecule has 3 nitrogen and oxygen atoms in total. The van der Waals surface area contributed by atoms with Crippen LogP contribution in [0.25, 0.3) is 10.2 Å². The van der Waals surface area contributed by atoms with Gasteiger partial charge >= 0.3 is 0 Å². The van der Waals surface area contributed by atoms with Crippen LogP contribution < -0.4 is 5.32 Å². The van der Waals surface area contributed by atoms with Crippen molar-refractivity contribution in [3.63, 3.8) is 0 Å². The second-order valence-electron chi connectivity index (χ2n) is 4.44. The van der Waals surface area contributed by atoms with Gasteiger partial charge in [0.15, 0.2) is 0 Å². The van der Waals surface area contributed by atoms with Crippen LogP contribution in [0.2, 0.25) is 0 Å². The minimum absolute atomic E-state index is 0.297. The molecule has 1 heterocycles. The fourth-order valence-electron chi connectivity index (χ4n) is 1.97. The molecular weight excluding hydrogens is 256 g/mol. The lowest BCUT2D eigenvalue weighted by Gasteiger charge is -2.06. The van der Waals surface area contributed by atoms with Crippen molar-refractivity contribution in [1.29, 1.82) is 0 Å². The van der Waals surface area contributed by atoms with Crippen LogP contribution in [0.4, 0.5) is 5.69 Å². The van der Waals surface area contributed by atoms with Gasteiger partial charge < -0.3 is 10.4 Å². The molecule has 3 aromatic rings. The number of aromatic nitrogens is 1. The van der Waals surface area contributed by atoms with Crippen molar-refractivity contribution in [3.8, 4) is 5.75 Å². The summed E-state index contributed by atoms with van der Waals surface area (Å²) in [5.41, 5.74) is 3.28. The highest BCUT2D eigenvalue weighted by molar-refractivity contribution is 7.18. The molecule has 2 aromatic carbocycles. The molecule has 0 bridgehead atoms. The Kier molecular flexibility index (Phi) is 3.09. The Balaban J connectivity index is 1.75. The predicted octanol–water partition coefficient (Wildman–Crippen LogP) is 3.92. The van der Waals surface area contributed by atoms with E-state index < -0.39 is 0 Å². The molecule has 3 rings (SSSR count). The summed E-state index contributed by atoms with van der Waals surface area (Å²) in [5.74, 6) is 0.297. The van der Waals surface area contributed by atoms with Crippen molar-refractivity contribution in [3.05, 3.63) is 53.0 Å². The molecule has 19 heavy (non-hydrogen) atoms. The Labute approximate surface area is 115 Å². The Hall–Kier alpha value is -2.07. The topological polar surface area (TPSA) is 45.2 Å². The fourth-order valence-corrected chi connectivity index (χ4v) is 2.83. The second kappa shape index (κ2) is 4.90. The number of fused-ring (bicyclic) bond motifs is 1. The van der Waals surface area contributed by atoms with Gasteiger partial charge in [-0.15, -0.1) is 11.3 Å². The maximum absolute atomic E-state index is 9.24. The fraction of sp³-hybridized carbons (Fsp3) is 0.133. The Bertz CT molecular complexity index is 704. The van der Waals surface area contributed by atoms with Gasteiger partial charge in [-0.25, -0.2) is 4.98 Å². The van der Waals surface area contributed by atoms with Crippen molar-refractivity contribution < 1.29 is 5.11 Å². The van der Waals surface area contributed by atoms with Crippen molar-refractivity contribution >= 4 is 27.2 Å². The van der Waals surface area contributed by atoms with E-state index in [1.807, 2.05) is 31.2 Å². The number of nitrogens with zero attached hydrogens (tertiary/aromatic N) is 1. The largest absolute Gasteiger partial charge is 0.508 e. The molecule has 0 atom stereocenters. The summed E-state index contributed by atoms with van der Waals surface area (Å²) < 4.78 is 1.20. The van der Waals surface area contributed by atoms with Gasteiger partial charge in [-0.3, -0.25) is 0 Å². The van der Waals surface area contributed by atoms with E-state index in [-0.39, 0.29) is 0 Å². The molecule has 0 saturated carbocycles. The third-order valence-electron chi connectivity index (χ3n) is 2.93. The molecule has 0 unspecified atom stereocenters. The number of hydrogen-bond donors (Lipinski definition) is 2. The number of aromatic hydroxyl groups is 1. The highest BCUT2D eigenvalue weighted by atomic mass is 32.1. The first-order valence-electron chi connectivity index (χ1n) is 6.10. The van der Waals surface area contributed by atoms with Crippen LogP contribution in [-0.2, 0) is 6.54 Å². The second-order valence-corrected chi connectivity index (χ2v) is 5.67. The van der Waals surface area contributed by atoms with Gasteiger partial charge in [0.1, 0.15) is 5.75 Å². The smallest absolute Gasteiger partial charge is 0.115 e. The zero-order valence-corrected chi connectivity index (χ0v) is 11.4. The highest BCUT2D eigenvalue weighted by Crippen LogP contribution is 2.25. The molecular formula is C15H14N2OS. The number of thiazole rings is 1. The first-order chi connectivity index (χ1) is 9.20. The normalized spacial score (nSPS) is 10.8. The van der Waals surface area contributed by atoms with Gasteiger partial charge in [-0.2, -0.15) is 0 Å². The van der Waals surface area contributed by atoms with E-state index in [1.165, 1.54) is 4.70 Å². The minimum atomic E-state index is 0.297. The summed E-state index contributed by atoms with van der Waals surface area (Å²) in [6.45, 7) is 2.76. The van der Waals surface area contributed by atoms with E-state index in [4.69, 9.17) is 0 Å². The number of anilines is 1. The number of phenolic OH excluding ortho intramolecular Hbond substituents is 1. The molecule has 2 N–H and O–H groups in total. The maximum atomic E-state index is 9.24. The van der Waals surface area contributed by atoms with Crippen LogP contribution in [0.1, 0.15) is 10.6 Å². The van der Waals surface area contributed by atoms with Crippen LogP contribution in [0.5, 0.6) is 5.75 Å². The standard InChI is InChI=1S/C15H14N2OS/c1-10-17-14-7-4-12(8-15(14)19-10)16-9-11-2-5-13(18)6-3-11/h2-8,16,18H,9H2,1H3. The molecule has 0 fully saturated rings. The molecule has 0 radical (unpaired) electrons. The Morgan fingerprint density at radius 2 is 1.95 bits per heavy atom. The number of nitrogens with one attached hydrogen (secondary N) is 1. The van der Waals surface area contributed by atoms with Crippen LogP contribution >= 0.6 is 11.3 Å². The molecule has 1 aromatic heterocycles. The Morgan fingerprint density at radius 3 is 2.74 bits per heavy atom. The van der Waals surface area contributed by atoms with Crippen LogP contribution in [0.3, 0.4) is 0 Å². The third kappa shape index (κ3) is 2.69. The average Bonchev–Trinajstić information content (AvgIpc) is 2.77. The van der Waals surface area contributed by atoms with Gasteiger partial charge in [-0.1, -0.05) is 12.1 Å². The molecule has 0 aliphatic carbocycles. The van der Waals surface area contributed by atoms with E-state index in [0.29, 0.717) is 5.75 Å². The van der Waals surface area contributed by atoms with E-state index in [9.17, 15) is 5.11 Å². The SMILES string of the molecule is Cc1nc2ccc(NCc3ccc(O)cc3)cc2s1. The quantitative estimate of drug-likeness (QED) is 0.758. The molecule has 4 heteroatoms. The summed E-state index contributed by atoms with van der Waals surface area (Å²) in [6.07, 6.45) is 0. The predicted molar refractivity (Wildman–Crippen MR) is 79.8 cm³/mol. The van der Waals surface area contributed by atoms with Crippen LogP contribution in [-0.4, -0.2) is 10.1 Å². The first kappa shape index (κ1) is 12.0. The van der Waals surface area contributed by atoms with Crippen molar-refractivity contribution in [2.24, 2.45) is 0 Å². The summed E-state index contributed by atoms with van der Waals surface area (Å²) in [7, 11) is 0. The van der Waals surface area contributed by atoms with E-state index in [1.54, 1.807) is 23.5 Å². The zero-order valence-electron chi connectivity index (χ0n) is 10.6. The minimum Gasteiger partial charge on any atom is -0.508 e. The average molecular weight is 270 g/mol. The molecule has 0 spiro atoms. The highest BCUT2D eigenvalue weighted by Gasteiger charge is 2.01. The van der Waals surface area contributed by atoms with Crippen molar-refractivity contribution in [2.75, 3.05) is 5.32 Å². The van der Waals surface area contributed by atoms with Gasteiger partial charge in [0.25, 0.3) is 0 Å².